The maximum atomic E-state index is 12.6. The minimum Gasteiger partial charge on any atom is -0.494 e. The van der Waals surface area contributed by atoms with Gasteiger partial charge in [0.25, 0.3) is 5.91 Å². The number of ether oxygens (including phenoxy) is 2. The first-order valence-corrected chi connectivity index (χ1v) is 11.6. The molecule has 0 atom stereocenters. The summed E-state index contributed by atoms with van der Waals surface area (Å²) in [5.74, 6) is 1.26. The number of carbonyl (C=O) groups is 1. The van der Waals surface area contributed by atoms with Crippen LogP contribution in [0.15, 0.2) is 114 Å². The van der Waals surface area contributed by atoms with Gasteiger partial charge < -0.3 is 9.47 Å². The molecule has 5 nitrogen and oxygen atoms in total. The average Bonchev–Trinajstić information content (AvgIpc) is 2.92. The monoisotopic (exact) mass is 464 g/mol. The van der Waals surface area contributed by atoms with E-state index in [0.29, 0.717) is 18.8 Å². The van der Waals surface area contributed by atoms with E-state index < -0.39 is 0 Å². The second-order valence-corrected chi connectivity index (χ2v) is 7.91. The summed E-state index contributed by atoms with van der Waals surface area (Å²) in [6.45, 7) is 2.99. The lowest BCUT2D eigenvalue weighted by molar-refractivity contribution is 0.0955. The van der Waals surface area contributed by atoms with Gasteiger partial charge in [0, 0.05) is 17.7 Å². The van der Waals surface area contributed by atoms with Gasteiger partial charge in [-0.3, -0.25) is 4.79 Å². The molecule has 176 valence electrons. The zero-order valence-corrected chi connectivity index (χ0v) is 19.6. The summed E-state index contributed by atoms with van der Waals surface area (Å²) in [4.78, 5) is 12.6. The minimum atomic E-state index is -0.264. The third kappa shape index (κ3) is 6.81. The zero-order chi connectivity index (χ0) is 24.3. The molecule has 0 saturated carbocycles. The molecular formula is C30H28N2O3. The number of hydrogen-bond donors (Lipinski definition) is 1. The topological polar surface area (TPSA) is 59.9 Å². The Hall–Kier alpha value is -4.38. The normalized spacial score (nSPS) is 10.9. The van der Waals surface area contributed by atoms with Gasteiger partial charge in [0.05, 0.1) is 6.61 Å². The molecule has 4 aromatic carbocycles. The molecule has 4 rings (SSSR count). The number of benzene rings is 4. The molecule has 5 heteroatoms. The maximum absolute atomic E-state index is 12.6. The van der Waals surface area contributed by atoms with Gasteiger partial charge in [0.1, 0.15) is 18.1 Å². The van der Waals surface area contributed by atoms with E-state index in [-0.39, 0.29) is 11.8 Å². The van der Waals surface area contributed by atoms with Gasteiger partial charge >= 0.3 is 0 Å². The van der Waals surface area contributed by atoms with E-state index in [2.05, 4.69) is 34.8 Å². The molecule has 0 radical (unpaired) electrons. The number of nitrogens with zero attached hydrogens (tertiary/aromatic N) is 1. The number of hydrogen-bond acceptors (Lipinski definition) is 4. The first-order valence-electron chi connectivity index (χ1n) is 11.6. The van der Waals surface area contributed by atoms with Gasteiger partial charge in [0.2, 0.25) is 0 Å². The standard InChI is InChI=1S/C30H28N2O3/c1-2-34-27-17-19-28(20-18-27)35-22-23-13-15-26(16-14-23)30(33)32-31-21-29(24-9-5-3-6-10-24)25-11-7-4-8-12-25/h3-21,29H,2,22H2,1H3,(H,32,33). The minimum absolute atomic E-state index is 0.0557. The summed E-state index contributed by atoms with van der Waals surface area (Å²) in [7, 11) is 0. The Kier molecular flexibility index (Phi) is 8.28. The first kappa shape index (κ1) is 23.8. The number of hydrazone groups is 1. The molecule has 0 unspecified atom stereocenters. The fourth-order valence-corrected chi connectivity index (χ4v) is 3.64. The van der Waals surface area contributed by atoms with Crippen LogP contribution < -0.4 is 14.9 Å². The van der Waals surface area contributed by atoms with Gasteiger partial charge in [-0.2, -0.15) is 5.10 Å². The van der Waals surface area contributed by atoms with Crippen LogP contribution in [0.1, 0.15) is 39.9 Å². The third-order valence-electron chi connectivity index (χ3n) is 5.46. The maximum Gasteiger partial charge on any atom is 0.271 e. The highest BCUT2D eigenvalue weighted by atomic mass is 16.5. The second kappa shape index (κ2) is 12.2. The Morgan fingerprint density at radius 2 is 1.31 bits per heavy atom. The summed E-state index contributed by atoms with van der Waals surface area (Å²) in [5, 5.41) is 4.26. The molecular weight excluding hydrogens is 436 g/mol. The molecule has 0 aromatic heterocycles. The lowest BCUT2D eigenvalue weighted by atomic mass is 9.92. The van der Waals surface area contributed by atoms with E-state index >= 15 is 0 Å². The molecule has 1 N–H and O–H groups in total. The van der Waals surface area contributed by atoms with Crippen LogP contribution in [-0.2, 0) is 6.61 Å². The molecule has 4 aromatic rings. The smallest absolute Gasteiger partial charge is 0.271 e. The predicted molar refractivity (Wildman–Crippen MR) is 139 cm³/mol. The van der Waals surface area contributed by atoms with Gasteiger partial charge in [-0.1, -0.05) is 72.8 Å². The van der Waals surface area contributed by atoms with Crippen molar-refractivity contribution in [3.63, 3.8) is 0 Å². The summed E-state index contributed by atoms with van der Waals surface area (Å²) >= 11 is 0. The number of carbonyl (C=O) groups excluding carboxylic acids is 1. The Balaban J connectivity index is 1.34. The summed E-state index contributed by atoms with van der Waals surface area (Å²) < 4.78 is 11.3. The van der Waals surface area contributed by atoms with E-state index in [9.17, 15) is 4.79 Å². The summed E-state index contributed by atoms with van der Waals surface area (Å²) in [6, 6.07) is 35.0. The largest absolute Gasteiger partial charge is 0.494 e. The molecule has 0 aliphatic heterocycles. The van der Waals surface area contributed by atoms with Crippen LogP contribution in [-0.4, -0.2) is 18.7 Å². The highest BCUT2D eigenvalue weighted by Gasteiger charge is 2.12. The quantitative estimate of drug-likeness (QED) is 0.224. The van der Waals surface area contributed by atoms with Gasteiger partial charge in [0.15, 0.2) is 0 Å². The lowest BCUT2D eigenvalue weighted by Crippen LogP contribution is -2.18. The fraction of sp³-hybridized carbons (Fsp3) is 0.133. The molecule has 0 aliphatic rings. The van der Waals surface area contributed by atoms with Crippen molar-refractivity contribution in [2.75, 3.05) is 6.61 Å². The van der Waals surface area contributed by atoms with Crippen molar-refractivity contribution in [1.82, 2.24) is 5.43 Å². The SMILES string of the molecule is CCOc1ccc(OCc2ccc(C(=O)NN=CC(c3ccccc3)c3ccccc3)cc2)cc1. The number of amides is 1. The van der Waals surface area contributed by atoms with E-state index in [4.69, 9.17) is 9.47 Å². The summed E-state index contributed by atoms with van der Waals surface area (Å²) in [5.41, 5.74) is 6.36. The van der Waals surface area contributed by atoms with Crippen LogP contribution in [0.25, 0.3) is 0 Å². The first-order chi connectivity index (χ1) is 17.2. The molecule has 35 heavy (non-hydrogen) atoms. The highest BCUT2D eigenvalue weighted by molar-refractivity contribution is 5.94. The highest BCUT2D eigenvalue weighted by Crippen LogP contribution is 2.22. The molecule has 0 fully saturated rings. The summed E-state index contributed by atoms with van der Waals surface area (Å²) in [6.07, 6.45) is 1.77. The van der Waals surface area contributed by atoms with Crippen molar-refractivity contribution >= 4 is 12.1 Å². The van der Waals surface area contributed by atoms with E-state index in [0.717, 1.165) is 28.2 Å². The molecule has 0 bridgehead atoms. The van der Waals surface area contributed by atoms with E-state index in [1.165, 1.54) is 0 Å². The molecule has 1 amide bonds. The van der Waals surface area contributed by atoms with Crippen molar-refractivity contribution < 1.29 is 14.3 Å². The Morgan fingerprint density at radius 3 is 1.86 bits per heavy atom. The average molecular weight is 465 g/mol. The van der Waals surface area contributed by atoms with E-state index in [1.54, 1.807) is 18.3 Å². The van der Waals surface area contributed by atoms with Crippen molar-refractivity contribution in [3.05, 3.63) is 131 Å². The van der Waals surface area contributed by atoms with Crippen molar-refractivity contribution in [3.8, 4) is 11.5 Å². The number of rotatable bonds is 10. The third-order valence-corrected chi connectivity index (χ3v) is 5.46. The Morgan fingerprint density at radius 1 is 0.771 bits per heavy atom. The fourth-order valence-electron chi connectivity index (χ4n) is 3.64. The van der Waals surface area contributed by atoms with Gasteiger partial charge in [-0.05, 0) is 60.0 Å². The molecule has 0 spiro atoms. The van der Waals surface area contributed by atoms with Crippen LogP contribution in [0.4, 0.5) is 0 Å². The van der Waals surface area contributed by atoms with Crippen LogP contribution >= 0.6 is 0 Å². The molecule has 0 saturated heterocycles. The van der Waals surface area contributed by atoms with Gasteiger partial charge in [-0.25, -0.2) is 5.43 Å². The van der Waals surface area contributed by atoms with Crippen LogP contribution in [0.5, 0.6) is 11.5 Å². The van der Waals surface area contributed by atoms with Crippen molar-refractivity contribution in [1.29, 1.82) is 0 Å². The number of nitrogens with one attached hydrogen (secondary N) is 1. The van der Waals surface area contributed by atoms with Gasteiger partial charge in [-0.15, -0.1) is 0 Å². The molecule has 0 aliphatic carbocycles. The van der Waals surface area contributed by atoms with E-state index in [1.807, 2.05) is 79.7 Å². The zero-order valence-electron chi connectivity index (χ0n) is 19.6. The van der Waals surface area contributed by atoms with Crippen LogP contribution in [0, 0.1) is 0 Å². The predicted octanol–water partition coefficient (Wildman–Crippen LogP) is 6.21. The van der Waals surface area contributed by atoms with Crippen LogP contribution in [0.3, 0.4) is 0 Å². The Labute approximate surface area is 206 Å². The second-order valence-electron chi connectivity index (χ2n) is 7.91. The van der Waals surface area contributed by atoms with Crippen molar-refractivity contribution in [2.24, 2.45) is 5.10 Å². The molecule has 0 heterocycles. The lowest BCUT2D eigenvalue weighted by Gasteiger charge is -2.13. The van der Waals surface area contributed by atoms with Crippen molar-refractivity contribution in [2.45, 2.75) is 19.4 Å². The Bertz CT molecular complexity index is 1180. The van der Waals surface area contributed by atoms with Crippen LogP contribution in [0.2, 0.25) is 0 Å².